The highest BCUT2D eigenvalue weighted by atomic mass is 32.2. The molecular weight excluding hydrogens is 248 g/mol. The Morgan fingerprint density at radius 3 is 2.50 bits per heavy atom. The van der Waals surface area contributed by atoms with Crippen LogP contribution in [-0.2, 0) is 22.9 Å². The van der Waals surface area contributed by atoms with Crippen molar-refractivity contribution in [3.63, 3.8) is 0 Å². The van der Waals surface area contributed by atoms with E-state index in [-0.39, 0.29) is 11.4 Å². The molecule has 0 saturated carbocycles. The van der Waals surface area contributed by atoms with E-state index in [1.54, 1.807) is 6.07 Å². The molecule has 4 nitrogen and oxygen atoms in total. The molecule has 1 aromatic rings. The Kier molecular flexibility index (Phi) is 4.76. The Bertz CT molecular complexity index is 571. The van der Waals surface area contributed by atoms with Crippen LogP contribution >= 0.6 is 0 Å². The lowest BCUT2D eigenvalue weighted by Gasteiger charge is -2.13. The third-order valence-corrected chi connectivity index (χ3v) is 4.19. The summed E-state index contributed by atoms with van der Waals surface area (Å²) in [5, 5.41) is 0. The van der Waals surface area contributed by atoms with Gasteiger partial charge in [-0.3, -0.25) is 0 Å². The van der Waals surface area contributed by atoms with Crippen LogP contribution in [0, 0.1) is 12.3 Å². The van der Waals surface area contributed by atoms with E-state index < -0.39 is 10.0 Å². The zero-order valence-corrected chi connectivity index (χ0v) is 11.5. The fourth-order valence-corrected chi connectivity index (χ4v) is 3.08. The first kappa shape index (κ1) is 14.6. The predicted octanol–water partition coefficient (Wildman–Crippen LogP) is 1.31. The van der Waals surface area contributed by atoms with Crippen molar-refractivity contribution < 1.29 is 8.42 Å². The van der Waals surface area contributed by atoms with Crippen molar-refractivity contribution in [1.29, 1.82) is 0 Å². The summed E-state index contributed by atoms with van der Waals surface area (Å²) in [7, 11) is -3.59. The number of sulfonamides is 1. The van der Waals surface area contributed by atoms with E-state index in [9.17, 15) is 8.42 Å². The van der Waals surface area contributed by atoms with Crippen LogP contribution in [0.3, 0.4) is 0 Å². The van der Waals surface area contributed by atoms with E-state index in [1.165, 1.54) is 0 Å². The molecule has 0 saturated heterocycles. The topological polar surface area (TPSA) is 72.2 Å². The Morgan fingerprint density at radius 2 is 2.00 bits per heavy atom. The van der Waals surface area contributed by atoms with Crippen LogP contribution in [0.25, 0.3) is 0 Å². The number of nitrogen functional groups attached to an aromatic ring is 1. The molecule has 0 aromatic heterocycles. The Hall–Kier alpha value is -1.51. The first-order valence-corrected chi connectivity index (χ1v) is 7.29. The summed E-state index contributed by atoms with van der Waals surface area (Å²) in [6, 6.07) is 3.48. The normalized spacial score (nSPS) is 11.2. The van der Waals surface area contributed by atoms with Crippen LogP contribution < -0.4 is 10.5 Å². The van der Waals surface area contributed by atoms with E-state index in [0.717, 1.165) is 12.0 Å². The van der Waals surface area contributed by atoms with E-state index in [4.69, 9.17) is 12.2 Å². The lowest BCUT2D eigenvalue weighted by atomic mass is 10.1. The zero-order chi connectivity index (χ0) is 13.8. The van der Waals surface area contributed by atoms with E-state index in [0.29, 0.717) is 17.7 Å². The van der Waals surface area contributed by atoms with Crippen LogP contribution in [0.1, 0.15) is 25.0 Å². The van der Waals surface area contributed by atoms with Crippen LogP contribution in [0.2, 0.25) is 0 Å². The highest BCUT2D eigenvalue weighted by molar-refractivity contribution is 7.89. The lowest BCUT2D eigenvalue weighted by Crippen LogP contribution is -2.25. The predicted molar refractivity (Wildman–Crippen MR) is 73.6 cm³/mol. The maximum absolute atomic E-state index is 12.1. The van der Waals surface area contributed by atoms with Gasteiger partial charge < -0.3 is 5.73 Å². The van der Waals surface area contributed by atoms with Crippen LogP contribution in [0.15, 0.2) is 17.0 Å². The van der Waals surface area contributed by atoms with E-state index in [1.807, 2.05) is 19.9 Å². The fourth-order valence-electron chi connectivity index (χ4n) is 1.76. The second-order valence-corrected chi connectivity index (χ2v) is 5.63. The summed E-state index contributed by atoms with van der Waals surface area (Å²) in [6.45, 7) is 3.80. The van der Waals surface area contributed by atoms with E-state index in [2.05, 4.69) is 10.6 Å². The highest BCUT2D eigenvalue weighted by Gasteiger charge is 2.19. The second-order valence-electron chi connectivity index (χ2n) is 3.90. The molecular formula is C13H18N2O2S. The summed E-state index contributed by atoms with van der Waals surface area (Å²) in [5.41, 5.74) is 7.94. The van der Waals surface area contributed by atoms with E-state index >= 15 is 0 Å². The van der Waals surface area contributed by atoms with Gasteiger partial charge in [0, 0.05) is 5.69 Å². The van der Waals surface area contributed by atoms with Gasteiger partial charge in [-0.2, -0.15) is 4.72 Å². The molecule has 0 aliphatic heterocycles. The van der Waals surface area contributed by atoms with Crippen molar-refractivity contribution in [2.75, 3.05) is 12.3 Å². The molecule has 18 heavy (non-hydrogen) atoms. The third kappa shape index (κ3) is 3.03. The average Bonchev–Trinajstić information content (AvgIpc) is 2.35. The minimum Gasteiger partial charge on any atom is -0.398 e. The average molecular weight is 266 g/mol. The van der Waals surface area contributed by atoms with Gasteiger partial charge in [-0.1, -0.05) is 19.8 Å². The van der Waals surface area contributed by atoms with Crippen molar-refractivity contribution in [2.45, 2.75) is 31.6 Å². The Labute approximate surface area is 109 Å². The lowest BCUT2D eigenvalue weighted by molar-refractivity contribution is 0.585. The monoisotopic (exact) mass is 266 g/mol. The largest absolute Gasteiger partial charge is 0.398 e. The standard InChI is InChI=1S/C13H18N2O2S/c1-4-7-15-18(16,17)13-9-10(5-2)8-12(14)11(13)6-3/h1,8-9,15H,5-7,14H2,2-3H3. The molecule has 3 N–H and O–H groups in total. The maximum atomic E-state index is 12.1. The zero-order valence-electron chi connectivity index (χ0n) is 10.7. The molecule has 0 bridgehead atoms. The molecule has 0 spiro atoms. The van der Waals surface area contributed by atoms with Crippen LogP contribution in [0.5, 0.6) is 0 Å². The molecule has 0 unspecified atom stereocenters. The smallest absolute Gasteiger partial charge is 0.241 e. The first-order valence-electron chi connectivity index (χ1n) is 5.80. The number of aryl methyl sites for hydroxylation is 1. The number of anilines is 1. The van der Waals surface area contributed by atoms with Gasteiger partial charge in [0.1, 0.15) is 0 Å². The molecule has 5 heteroatoms. The summed E-state index contributed by atoms with van der Waals surface area (Å²) in [5.74, 6) is 2.25. The highest BCUT2D eigenvalue weighted by Crippen LogP contribution is 2.25. The first-order chi connectivity index (χ1) is 8.46. The molecule has 1 rings (SSSR count). The summed E-state index contributed by atoms with van der Waals surface area (Å²) >= 11 is 0. The number of terminal acetylenes is 1. The van der Waals surface area contributed by atoms with Crippen molar-refractivity contribution in [3.8, 4) is 12.3 Å². The number of hydrogen-bond donors (Lipinski definition) is 2. The molecule has 0 radical (unpaired) electrons. The van der Waals surface area contributed by atoms with Crippen molar-refractivity contribution >= 4 is 15.7 Å². The number of hydrogen-bond acceptors (Lipinski definition) is 3. The molecule has 0 fully saturated rings. The summed E-state index contributed by atoms with van der Waals surface area (Å²) < 4.78 is 26.6. The molecule has 0 heterocycles. The SMILES string of the molecule is C#CCNS(=O)(=O)c1cc(CC)cc(N)c1CC. The minimum atomic E-state index is -3.59. The van der Waals surface area contributed by atoms with Gasteiger partial charge in [0.05, 0.1) is 11.4 Å². The van der Waals surface area contributed by atoms with Crippen molar-refractivity contribution in [3.05, 3.63) is 23.3 Å². The second kappa shape index (κ2) is 5.89. The summed E-state index contributed by atoms with van der Waals surface area (Å²) in [4.78, 5) is 0.233. The Balaban J connectivity index is 3.38. The molecule has 1 aromatic carbocycles. The van der Waals surface area contributed by atoms with Gasteiger partial charge in [-0.15, -0.1) is 6.42 Å². The molecule has 98 valence electrons. The number of benzene rings is 1. The summed E-state index contributed by atoms with van der Waals surface area (Å²) in [6.07, 6.45) is 6.35. The molecule has 0 aliphatic carbocycles. The number of rotatable bonds is 5. The molecule has 0 amide bonds. The van der Waals surface area contributed by atoms with Crippen molar-refractivity contribution in [2.24, 2.45) is 0 Å². The quantitative estimate of drug-likeness (QED) is 0.623. The fraction of sp³-hybridized carbons (Fsp3) is 0.385. The van der Waals surface area contributed by atoms with Gasteiger partial charge in [-0.05, 0) is 36.1 Å². The van der Waals surface area contributed by atoms with Crippen LogP contribution in [-0.4, -0.2) is 15.0 Å². The number of nitrogens with one attached hydrogen (secondary N) is 1. The van der Waals surface area contributed by atoms with Gasteiger partial charge in [-0.25, -0.2) is 8.42 Å². The van der Waals surface area contributed by atoms with Gasteiger partial charge >= 0.3 is 0 Å². The molecule has 0 aliphatic rings. The van der Waals surface area contributed by atoms with Gasteiger partial charge in [0.2, 0.25) is 10.0 Å². The van der Waals surface area contributed by atoms with Gasteiger partial charge in [0.25, 0.3) is 0 Å². The van der Waals surface area contributed by atoms with Gasteiger partial charge in [0.15, 0.2) is 0 Å². The third-order valence-electron chi connectivity index (χ3n) is 2.72. The molecule has 0 atom stereocenters. The minimum absolute atomic E-state index is 0.0260. The number of nitrogens with two attached hydrogens (primary N) is 1. The van der Waals surface area contributed by atoms with Crippen molar-refractivity contribution in [1.82, 2.24) is 4.72 Å². The Morgan fingerprint density at radius 1 is 1.33 bits per heavy atom. The maximum Gasteiger partial charge on any atom is 0.241 e. The van der Waals surface area contributed by atoms with Crippen LogP contribution in [0.4, 0.5) is 5.69 Å².